The van der Waals surface area contributed by atoms with E-state index < -0.39 is 0 Å². The normalized spacial score (nSPS) is 19.0. The average molecular weight is 291 g/mol. The fourth-order valence-corrected chi connectivity index (χ4v) is 2.82. The van der Waals surface area contributed by atoms with Crippen molar-refractivity contribution < 1.29 is 14.6 Å². The topological polar surface area (TPSA) is 58.6 Å². The summed E-state index contributed by atoms with van der Waals surface area (Å²) < 4.78 is 5.34. The lowest BCUT2D eigenvalue weighted by atomic mass is 9.86. The minimum atomic E-state index is -0.220. The first-order chi connectivity index (χ1) is 10.2. The molecule has 2 atom stereocenters. The van der Waals surface area contributed by atoms with Crippen LogP contribution in [0.4, 0.5) is 0 Å². The van der Waals surface area contributed by atoms with E-state index in [1.54, 1.807) is 0 Å². The molecule has 0 bridgehead atoms. The van der Waals surface area contributed by atoms with Crippen molar-refractivity contribution in [2.75, 3.05) is 19.8 Å². The SMILES string of the molecule is C[C@@H](C(=O)N[C@@H](CO)Cc1ccccc1)C1CCOCC1. The van der Waals surface area contributed by atoms with Crippen molar-refractivity contribution >= 4 is 5.91 Å². The minimum Gasteiger partial charge on any atom is -0.394 e. The van der Waals surface area contributed by atoms with Gasteiger partial charge in [-0.2, -0.15) is 0 Å². The smallest absolute Gasteiger partial charge is 0.223 e. The van der Waals surface area contributed by atoms with Crippen molar-refractivity contribution in [2.24, 2.45) is 11.8 Å². The van der Waals surface area contributed by atoms with Gasteiger partial charge in [0.2, 0.25) is 5.91 Å². The Morgan fingerprint density at radius 1 is 1.33 bits per heavy atom. The number of carbonyl (C=O) groups excluding carboxylic acids is 1. The van der Waals surface area contributed by atoms with Gasteiger partial charge in [0.25, 0.3) is 0 Å². The maximum absolute atomic E-state index is 12.3. The standard InChI is InChI=1S/C17H25NO3/c1-13(15-7-9-21-10-8-15)17(20)18-16(12-19)11-14-5-3-2-4-6-14/h2-6,13,15-16,19H,7-12H2,1H3,(H,18,20)/t13-,16-/m1/s1. The summed E-state index contributed by atoms with van der Waals surface area (Å²) in [6.07, 6.45) is 2.54. The zero-order chi connectivity index (χ0) is 15.1. The second-order valence-electron chi connectivity index (χ2n) is 5.82. The van der Waals surface area contributed by atoms with Gasteiger partial charge in [-0.25, -0.2) is 0 Å². The highest BCUT2D eigenvalue weighted by atomic mass is 16.5. The number of aliphatic hydroxyl groups excluding tert-OH is 1. The predicted molar refractivity (Wildman–Crippen MR) is 81.9 cm³/mol. The number of ether oxygens (including phenoxy) is 1. The fourth-order valence-electron chi connectivity index (χ4n) is 2.82. The Balaban J connectivity index is 1.86. The summed E-state index contributed by atoms with van der Waals surface area (Å²) in [5.74, 6) is 0.394. The highest BCUT2D eigenvalue weighted by molar-refractivity contribution is 5.79. The molecule has 0 saturated carbocycles. The molecule has 1 aliphatic rings. The van der Waals surface area contributed by atoms with Crippen molar-refractivity contribution in [1.82, 2.24) is 5.32 Å². The molecule has 1 fully saturated rings. The molecule has 4 heteroatoms. The van der Waals surface area contributed by atoms with Crippen LogP contribution in [0.2, 0.25) is 0 Å². The van der Waals surface area contributed by atoms with Crippen LogP contribution in [0.1, 0.15) is 25.3 Å². The molecule has 4 nitrogen and oxygen atoms in total. The Morgan fingerprint density at radius 2 is 2.00 bits per heavy atom. The molecule has 0 spiro atoms. The van der Waals surface area contributed by atoms with Crippen LogP contribution < -0.4 is 5.32 Å². The van der Waals surface area contributed by atoms with Crippen LogP contribution in [-0.4, -0.2) is 36.9 Å². The molecule has 0 radical (unpaired) electrons. The van der Waals surface area contributed by atoms with Gasteiger partial charge in [0.1, 0.15) is 0 Å². The first-order valence-electron chi connectivity index (χ1n) is 7.73. The third kappa shape index (κ3) is 4.83. The van der Waals surface area contributed by atoms with Gasteiger partial charge >= 0.3 is 0 Å². The van der Waals surface area contributed by atoms with Crippen molar-refractivity contribution in [3.05, 3.63) is 35.9 Å². The summed E-state index contributed by atoms with van der Waals surface area (Å²) in [4.78, 5) is 12.3. The molecule has 1 aliphatic heterocycles. The maximum atomic E-state index is 12.3. The molecule has 2 rings (SSSR count). The van der Waals surface area contributed by atoms with Crippen LogP contribution >= 0.6 is 0 Å². The lowest BCUT2D eigenvalue weighted by Crippen LogP contribution is -2.44. The van der Waals surface area contributed by atoms with Gasteiger partial charge in [-0.3, -0.25) is 4.79 Å². The third-order valence-electron chi connectivity index (χ3n) is 4.28. The summed E-state index contributed by atoms with van der Waals surface area (Å²) in [6.45, 7) is 3.43. The molecule has 1 heterocycles. The molecule has 1 amide bonds. The third-order valence-corrected chi connectivity index (χ3v) is 4.28. The summed E-state index contributed by atoms with van der Waals surface area (Å²) >= 11 is 0. The number of nitrogens with one attached hydrogen (secondary N) is 1. The van der Waals surface area contributed by atoms with Crippen LogP contribution in [0.5, 0.6) is 0 Å². The van der Waals surface area contributed by atoms with E-state index in [1.165, 1.54) is 0 Å². The van der Waals surface area contributed by atoms with Gasteiger partial charge in [-0.05, 0) is 30.7 Å². The molecule has 1 saturated heterocycles. The van der Waals surface area contributed by atoms with Gasteiger partial charge in [0.15, 0.2) is 0 Å². The number of hydrogen-bond donors (Lipinski definition) is 2. The average Bonchev–Trinajstić information content (AvgIpc) is 2.55. The van der Waals surface area contributed by atoms with E-state index in [0.717, 1.165) is 31.6 Å². The summed E-state index contributed by atoms with van der Waals surface area (Å²) in [5, 5.41) is 12.5. The van der Waals surface area contributed by atoms with Crippen molar-refractivity contribution in [2.45, 2.75) is 32.2 Å². The number of rotatable bonds is 6. The van der Waals surface area contributed by atoms with Crippen LogP contribution in [0.25, 0.3) is 0 Å². The number of benzene rings is 1. The van der Waals surface area contributed by atoms with E-state index >= 15 is 0 Å². The van der Waals surface area contributed by atoms with Gasteiger partial charge in [-0.1, -0.05) is 37.3 Å². The number of aliphatic hydroxyl groups is 1. The first-order valence-corrected chi connectivity index (χ1v) is 7.73. The first kappa shape index (κ1) is 16.0. The Bertz CT molecular complexity index is 429. The molecular formula is C17H25NO3. The fraction of sp³-hybridized carbons (Fsp3) is 0.588. The van der Waals surface area contributed by atoms with Crippen LogP contribution in [0.15, 0.2) is 30.3 Å². The van der Waals surface area contributed by atoms with Gasteiger partial charge in [-0.15, -0.1) is 0 Å². The Morgan fingerprint density at radius 3 is 2.62 bits per heavy atom. The summed E-state index contributed by atoms with van der Waals surface area (Å²) in [7, 11) is 0. The molecule has 116 valence electrons. The van der Waals surface area contributed by atoms with E-state index in [2.05, 4.69) is 5.32 Å². The molecule has 2 N–H and O–H groups in total. The summed E-state index contributed by atoms with van der Waals surface area (Å²) in [5.41, 5.74) is 1.12. The predicted octanol–water partition coefficient (Wildman–Crippen LogP) is 1.77. The highest BCUT2D eigenvalue weighted by Crippen LogP contribution is 2.23. The van der Waals surface area contributed by atoms with E-state index in [-0.39, 0.29) is 24.5 Å². The molecule has 21 heavy (non-hydrogen) atoms. The number of hydrogen-bond acceptors (Lipinski definition) is 3. The van der Waals surface area contributed by atoms with E-state index in [0.29, 0.717) is 12.3 Å². The number of carbonyl (C=O) groups is 1. The van der Waals surface area contributed by atoms with Crippen LogP contribution in [0.3, 0.4) is 0 Å². The molecular weight excluding hydrogens is 266 g/mol. The van der Waals surface area contributed by atoms with Crippen LogP contribution in [0, 0.1) is 11.8 Å². The van der Waals surface area contributed by atoms with Crippen molar-refractivity contribution in [3.8, 4) is 0 Å². The summed E-state index contributed by atoms with van der Waals surface area (Å²) in [6, 6.07) is 9.70. The number of amides is 1. The van der Waals surface area contributed by atoms with E-state index in [1.807, 2.05) is 37.3 Å². The lowest BCUT2D eigenvalue weighted by molar-refractivity contribution is -0.128. The monoisotopic (exact) mass is 291 g/mol. The van der Waals surface area contributed by atoms with Crippen LogP contribution in [-0.2, 0) is 16.0 Å². The molecule has 1 aromatic carbocycles. The zero-order valence-electron chi connectivity index (χ0n) is 12.6. The van der Waals surface area contributed by atoms with Gasteiger partial charge in [0.05, 0.1) is 12.6 Å². The van der Waals surface area contributed by atoms with Gasteiger partial charge < -0.3 is 15.2 Å². The zero-order valence-corrected chi connectivity index (χ0v) is 12.6. The van der Waals surface area contributed by atoms with E-state index in [4.69, 9.17) is 4.74 Å². The van der Waals surface area contributed by atoms with E-state index in [9.17, 15) is 9.90 Å². The minimum absolute atomic E-state index is 0.0290. The molecule has 0 aliphatic carbocycles. The Kier molecular flexibility index (Phi) is 6.21. The second kappa shape index (κ2) is 8.15. The maximum Gasteiger partial charge on any atom is 0.223 e. The Labute approximate surface area is 126 Å². The molecule has 1 aromatic rings. The van der Waals surface area contributed by atoms with Crippen molar-refractivity contribution in [3.63, 3.8) is 0 Å². The second-order valence-corrected chi connectivity index (χ2v) is 5.82. The molecule has 0 unspecified atom stereocenters. The Hall–Kier alpha value is -1.39. The largest absolute Gasteiger partial charge is 0.394 e. The van der Waals surface area contributed by atoms with Gasteiger partial charge in [0, 0.05) is 19.1 Å². The van der Waals surface area contributed by atoms with Crippen molar-refractivity contribution in [1.29, 1.82) is 0 Å². The quantitative estimate of drug-likeness (QED) is 0.840. The lowest BCUT2D eigenvalue weighted by Gasteiger charge is -2.28. The molecule has 0 aromatic heterocycles. The highest BCUT2D eigenvalue weighted by Gasteiger charge is 2.27.